The summed E-state index contributed by atoms with van der Waals surface area (Å²) < 4.78 is 5.65. The van der Waals surface area contributed by atoms with Gasteiger partial charge in [-0.3, -0.25) is 9.59 Å². The molecule has 0 unspecified atom stereocenters. The average molecular weight is 340 g/mol. The van der Waals surface area contributed by atoms with E-state index in [4.69, 9.17) is 4.74 Å². The second kappa shape index (κ2) is 8.87. The van der Waals surface area contributed by atoms with Crippen molar-refractivity contribution in [2.24, 2.45) is 0 Å². The van der Waals surface area contributed by atoms with Crippen LogP contribution in [0.4, 0.5) is 5.69 Å². The Hall–Kier alpha value is -2.82. The van der Waals surface area contributed by atoms with E-state index in [0.717, 1.165) is 11.3 Å². The summed E-state index contributed by atoms with van der Waals surface area (Å²) in [6.45, 7) is 6.54. The highest BCUT2D eigenvalue weighted by Crippen LogP contribution is 2.25. The van der Waals surface area contributed by atoms with Crippen molar-refractivity contribution in [2.45, 2.75) is 26.7 Å². The molecule has 0 aliphatic rings. The summed E-state index contributed by atoms with van der Waals surface area (Å²) in [5.74, 6) is 0.665. The molecule has 2 aromatic carbocycles. The van der Waals surface area contributed by atoms with Crippen molar-refractivity contribution >= 4 is 17.5 Å². The zero-order valence-electron chi connectivity index (χ0n) is 14.8. The van der Waals surface area contributed by atoms with E-state index in [9.17, 15) is 9.59 Å². The zero-order chi connectivity index (χ0) is 18.2. The van der Waals surface area contributed by atoms with Gasteiger partial charge in [0.2, 0.25) is 0 Å². The number of benzene rings is 2. The summed E-state index contributed by atoms with van der Waals surface area (Å²) in [6, 6.07) is 14.5. The van der Waals surface area contributed by atoms with E-state index < -0.39 is 0 Å². The Balaban J connectivity index is 1.91. The number of rotatable bonds is 7. The van der Waals surface area contributed by atoms with Crippen LogP contribution in [0.5, 0.6) is 5.75 Å². The topological polar surface area (TPSA) is 67.4 Å². The van der Waals surface area contributed by atoms with Gasteiger partial charge >= 0.3 is 0 Å². The number of anilines is 1. The highest BCUT2D eigenvalue weighted by Gasteiger charge is 2.10. The molecule has 0 spiro atoms. The predicted molar refractivity (Wildman–Crippen MR) is 99.1 cm³/mol. The van der Waals surface area contributed by atoms with Gasteiger partial charge in [0.25, 0.3) is 11.8 Å². The highest BCUT2D eigenvalue weighted by atomic mass is 16.5. The van der Waals surface area contributed by atoms with Gasteiger partial charge in [-0.1, -0.05) is 32.0 Å². The van der Waals surface area contributed by atoms with Gasteiger partial charge in [-0.15, -0.1) is 0 Å². The van der Waals surface area contributed by atoms with Crippen molar-refractivity contribution in [3.63, 3.8) is 0 Å². The van der Waals surface area contributed by atoms with Crippen molar-refractivity contribution in [1.82, 2.24) is 5.32 Å². The van der Waals surface area contributed by atoms with Crippen LogP contribution in [0.1, 0.15) is 42.6 Å². The van der Waals surface area contributed by atoms with Crippen LogP contribution < -0.4 is 15.4 Å². The van der Waals surface area contributed by atoms with E-state index in [0.29, 0.717) is 23.7 Å². The first kappa shape index (κ1) is 18.5. The van der Waals surface area contributed by atoms with Gasteiger partial charge in [0.1, 0.15) is 5.75 Å². The Bertz CT molecular complexity index is 724. The summed E-state index contributed by atoms with van der Waals surface area (Å²) in [5.41, 5.74) is 2.25. The third-order valence-corrected chi connectivity index (χ3v) is 3.67. The van der Waals surface area contributed by atoms with E-state index in [1.807, 2.05) is 31.2 Å². The molecule has 2 amide bonds. The van der Waals surface area contributed by atoms with Crippen LogP contribution in [-0.2, 0) is 4.79 Å². The fourth-order valence-electron chi connectivity index (χ4n) is 2.40. The van der Waals surface area contributed by atoms with Crippen LogP contribution in [-0.4, -0.2) is 25.0 Å². The van der Waals surface area contributed by atoms with Crippen LogP contribution in [0, 0.1) is 0 Å². The Morgan fingerprint density at radius 3 is 2.36 bits per heavy atom. The number of ether oxygens (including phenoxy) is 1. The molecule has 25 heavy (non-hydrogen) atoms. The molecule has 0 aliphatic carbocycles. The standard InChI is InChI=1S/C20H24N2O3/c1-4-21-20(24)15-9-11-16(12-10-15)22-19(23)13-25-18-8-6-5-7-17(18)14(2)3/h5-12,14H,4,13H2,1-3H3,(H,21,24)(H,22,23). The largest absolute Gasteiger partial charge is 0.483 e. The highest BCUT2D eigenvalue weighted by molar-refractivity contribution is 5.96. The maximum absolute atomic E-state index is 12.1. The molecule has 0 aromatic heterocycles. The minimum Gasteiger partial charge on any atom is -0.483 e. The van der Waals surface area contributed by atoms with E-state index in [1.54, 1.807) is 24.3 Å². The van der Waals surface area contributed by atoms with Crippen molar-refractivity contribution in [3.05, 3.63) is 59.7 Å². The number of hydrogen-bond acceptors (Lipinski definition) is 3. The fraction of sp³-hybridized carbons (Fsp3) is 0.300. The monoisotopic (exact) mass is 340 g/mol. The number of nitrogens with one attached hydrogen (secondary N) is 2. The lowest BCUT2D eigenvalue weighted by Crippen LogP contribution is -2.23. The molecule has 0 fully saturated rings. The molecular formula is C20H24N2O3. The van der Waals surface area contributed by atoms with Crippen LogP contribution in [0.25, 0.3) is 0 Å². The molecule has 2 N–H and O–H groups in total. The normalized spacial score (nSPS) is 10.4. The lowest BCUT2D eigenvalue weighted by atomic mass is 10.0. The predicted octanol–water partition coefficient (Wildman–Crippen LogP) is 3.58. The number of carbonyl (C=O) groups excluding carboxylic acids is 2. The van der Waals surface area contributed by atoms with Crippen LogP contribution in [0.15, 0.2) is 48.5 Å². The molecule has 0 atom stereocenters. The maximum Gasteiger partial charge on any atom is 0.262 e. The number of para-hydroxylation sites is 1. The van der Waals surface area contributed by atoms with Crippen LogP contribution in [0.3, 0.4) is 0 Å². The first-order chi connectivity index (χ1) is 12.0. The fourth-order valence-corrected chi connectivity index (χ4v) is 2.40. The van der Waals surface area contributed by atoms with Gasteiger partial charge in [0.05, 0.1) is 0 Å². The summed E-state index contributed by atoms with van der Waals surface area (Å²) in [6.07, 6.45) is 0. The molecule has 2 rings (SSSR count). The Morgan fingerprint density at radius 1 is 1.04 bits per heavy atom. The Kier molecular flexibility index (Phi) is 6.57. The Labute approximate surface area is 148 Å². The number of hydrogen-bond donors (Lipinski definition) is 2. The third-order valence-electron chi connectivity index (χ3n) is 3.67. The number of carbonyl (C=O) groups is 2. The van der Waals surface area contributed by atoms with Crippen LogP contribution in [0.2, 0.25) is 0 Å². The van der Waals surface area contributed by atoms with Gasteiger partial charge in [-0.25, -0.2) is 0 Å². The molecule has 0 heterocycles. The van der Waals surface area contributed by atoms with Gasteiger partial charge in [-0.05, 0) is 48.7 Å². The zero-order valence-corrected chi connectivity index (χ0v) is 14.8. The molecule has 2 aromatic rings. The molecule has 0 aliphatic heterocycles. The molecule has 0 radical (unpaired) electrons. The van der Waals surface area contributed by atoms with E-state index in [-0.39, 0.29) is 18.4 Å². The lowest BCUT2D eigenvalue weighted by molar-refractivity contribution is -0.118. The van der Waals surface area contributed by atoms with Gasteiger partial charge in [-0.2, -0.15) is 0 Å². The first-order valence-corrected chi connectivity index (χ1v) is 8.41. The van der Waals surface area contributed by atoms with Crippen molar-refractivity contribution in [3.8, 4) is 5.75 Å². The van der Waals surface area contributed by atoms with Crippen LogP contribution >= 0.6 is 0 Å². The summed E-state index contributed by atoms with van der Waals surface area (Å²) >= 11 is 0. The van der Waals surface area contributed by atoms with Gasteiger partial charge < -0.3 is 15.4 Å². The molecule has 5 heteroatoms. The summed E-state index contributed by atoms with van der Waals surface area (Å²) in [7, 11) is 0. The maximum atomic E-state index is 12.1. The van der Waals surface area contributed by atoms with Gasteiger partial charge in [0, 0.05) is 17.8 Å². The van der Waals surface area contributed by atoms with Crippen molar-refractivity contribution in [2.75, 3.05) is 18.5 Å². The van der Waals surface area contributed by atoms with E-state index in [2.05, 4.69) is 24.5 Å². The van der Waals surface area contributed by atoms with E-state index in [1.165, 1.54) is 0 Å². The first-order valence-electron chi connectivity index (χ1n) is 8.41. The molecule has 0 saturated heterocycles. The minimum absolute atomic E-state index is 0.0677. The lowest BCUT2D eigenvalue weighted by Gasteiger charge is -2.13. The third kappa shape index (κ3) is 5.35. The van der Waals surface area contributed by atoms with Gasteiger partial charge in [0.15, 0.2) is 6.61 Å². The molecule has 5 nitrogen and oxygen atoms in total. The summed E-state index contributed by atoms with van der Waals surface area (Å²) in [5, 5.41) is 5.49. The van der Waals surface area contributed by atoms with Crippen molar-refractivity contribution < 1.29 is 14.3 Å². The Morgan fingerprint density at radius 2 is 1.72 bits per heavy atom. The smallest absolute Gasteiger partial charge is 0.262 e. The van der Waals surface area contributed by atoms with E-state index >= 15 is 0 Å². The minimum atomic E-state index is -0.246. The molecular weight excluding hydrogens is 316 g/mol. The SMILES string of the molecule is CCNC(=O)c1ccc(NC(=O)COc2ccccc2C(C)C)cc1. The number of amides is 2. The second-order valence-corrected chi connectivity index (χ2v) is 5.97. The quantitative estimate of drug-likeness (QED) is 0.809. The molecule has 0 saturated carbocycles. The second-order valence-electron chi connectivity index (χ2n) is 5.97. The van der Waals surface area contributed by atoms with Crippen molar-refractivity contribution in [1.29, 1.82) is 0 Å². The average Bonchev–Trinajstić information content (AvgIpc) is 2.61. The molecule has 132 valence electrons. The molecule has 0 bridgehead atoms. The summed E-state index contributed by atoms with van der Waals surface area (Å²) in [4.78, 5) is 23.8.